The van der Waals surface area contributed by atoms with Gasteiger partial charge in [-0.2, -0.15) is 0 Å². The first-order valence-corrected chi connectivity index (χ1v) is 7.75. The van der Waals surface area contributed by atoms with Crippen LogP contribution in [-0.4, -0.2) is 22.0 Å². The maximum atomic E-state index is 13.6. The normalized spacial score (nSPS) is 10.4. The number of hydrogen-bond acceptors (Lipinski definition) is 5. The van der Waals surface area contributed by atoms with Gasteiger partial charge < -0.3 is 15.2 Å². The molecular formula is C18H15FN4O3. The molecule has 7 nitrogen and oxygen atoms in total. The molecule has 0 unspecified atom stereocenters. The molecule has 2 heterocycles. The maximum Gasteiger partial charge on any atom is 0.275 e. The SMILES string of the molecule is Cc1cc(NC(=O)c2cc(C(=O)NCc3ccccc3F)ccn2)no1. The Bertz CT molecular complexity index is 955. The number of anilines is 1. The molecule has 8 heteroatoms. The average molecular weight is 354 g/mol. The number of aryl methyl sites for hydroxylation is 1. The monoisotopic (exact) mass is 354 g/mol. The van der Waals surface area contributed by atoms with Crippen molar-refractivity contribution in [2.45, 2.75) is 13.5 Å². The highest BCUT2D eigenvalue weighted by Crippen LogP contribution is 2.10. The lowest BCUT2D eigenvalue weighted by Crippen LogP contribution is -2.24. The van der Waals surface area contributed by atoms with Gasteiger partial charge in [0.05, 0.1) is 0 Å². The van der Waals surface area contributed by atoms with Crippen LogP contribution >= 0.6 is 0 Å². The third-order valence-electron chi connectivity index (χ3n) is 3.52. The molecule has 2 aromatic heterocycles. The fraction of sp³-hybridized carbons (Fsp3) is 0.111. The molecule has 0 saturated heterocycles. The number of amides is 2. The Balaban J connectivity index is 1.67. The number of nitrogens with one attached hydrogen (secondary N) is 2. The molecule has 0 bridgehead atoms. The lowest BCUT2D eigenvalue weighted by atomic mass is 10.2. The van der Waals surface area contributed by atoms with Gasteiger partial charge >= 0.3 is 0 Å². The number of nitrogens with zero attached hydrogens (tertiary/aromatic N) is 2. The Kier molecular flexibility index (Phi) is 5.02. The van der Waals surface area contributed by atoms with Crippen LogP contribution in [0.15, 0.2) is 53.2 Å². The van der Waals surface area contributed by atoms with Gasteiger partial charge in [-0.05, 0) is 25.1 Å². The highest BCUT2D eigenvalue weighted by Gasteiger charge is 2.14. The zero-order valence-electron chi connectivity index (χ0n) is 13.8. The first-order valence-electron chi connectivity index (χ1n) is 7.75. The zero-order valence-corrected chi connectivity index (χ0v) is 13.8. The predicted octanol–water partition coefficient (Wildman–Crippen LogP) is 2.70. The van der Waals surface area contributed by atoms with E-state index >= 15 is 0 Å². The van der Waals surface area contributed by atoms with Gasteiger partial charge in [0.15, 0.2) is 5.82 Å². The molecule has 26 heavy (non-hydrogen) atoms. The van der Waals surface area contributed by atoms with Crippen molar-refractivity contribution in [3.05, 3.63) is 77.1 Å². The van der Waals surface area contributed by atoms with Crippen molar-refractivity contribution >= 4 is 17.6 Å². The third kappa shape index (κ3) is 4.10. The van der Waals surface area contributed by atoms with E-state index in [1.165, 1.54) is 24.4 Å². The van der Waals surface area contributed by atoms with Crippen LogP contribution in [0.25, 0.3) is 0 Å². The van der Waals surface area contributed by atoms with Crippen LogP contribution in [0.1, 0.15) is 32.2 Å². The second-order valence-electron chi connectivity index (χ2n) is 5.48. The summed E-state index contributed by atoms with van der Waals surface area (Å²) in [6.07, 6.45) is 1.35. The summed E-state index contributed by atoms with van der Waals surface area (Å²) in [5.41, 5.74) is 0.649. The fourth-order valence-electron chi connectivity index (χ4n) is 2.22. The van der Waals surface area contributed by atoms with E-state index in [1.54, 1.807) is 31.2 Å². The second-order valence-corrected chi connectivity index (χ2v) is 5.48. The van der Waals surface area contributed by atoms with Gasteiger partial charge in [-0.25, -0.2) is 4.39 Å². The molecule has 2 amide bonds. The van der Waals surface area contributed by atoms with Gasteiger partial charge in [0.2, 0.25) is 0 Å². The highest BCUT2D eigenvalue weighted by atomic mass is 19.1. The smallest absolute Gasteiger partial charge is 0.275 e. The van der Waals surface area contributed by atoms with E-state index in [4.69, 9.17) is 4.52 Å². The van der Waals surface area contributed by atoms with Gasteiger partial charge in [0, 0.05) is 29.9 Å². The van der Waals surface area contributed by atoms with Gasteiger partial charge in [0.25, 0.3) is 11.8 Å². The van der Waals surface area contributed by atoms with Crippen molar-refractivity contribution in [3.63, 3.8) is 0 Å². The van der Waals surface area contributed by atoms with E-state index in [1.807, 2.05) is 0 Å². The van der Waals surface area contributed by atoms with E-state index in [-0.39, 0.29) is 23.6 Å². The van der Waals surface area contributed by atoms with Crippen LogP contribution in [0.5, 0.6) is 0 Å². The summed E-state index contributed by atoms with van der Waals surface area (Å²) in [7, 11) is 0. The molecule has 3 rings (SSSR count). The van der Waals surface area contributed by atoms with Gasteiger partial charge in [0.1, 0.15) is 17.3 Å². The maximum absolute atomic E-state index is 13.6. The van der Waals surface area contributed by atoms with E-state index in [0.29, 0.717) is 11.3 Å². The average Bonchev–Trinajstić information content (AvgIpc) is 3.05. The van der Waals surface area contributed by atoms with Crippen molar-refractivity contribution in [1.82, 2.24) is 15.5 Å². The molecular weight excluding hydrogens is 339 g/mol. The highest BCUT2D eigenvalue weighted by molar-refractivity contribution is 6.04. The van der Waals surface area contributed by atoms with E-state index in [9.17, 15) is 14.0 Å². The topological polar surface area (TPSA) is 97.1 Å². The first kappa shape index (κ1) is 17.3. The van der Waals surface area contributed by atoms with Crippen LogP contribution in [0.3, 0.4) is 0 Å². The lowest BCUT2D eigenvalue weighted by molar-refractivity contribution is 0.0950. The number of carbonyl (C=O) groups excluding carboxylic acids is 2. The van der Waals surface area contributed by atoms with Crippen LogP contribution in [0.4, 0.5) is 10.2 Å². The van der Waals surface area contributed by atoms with Crippen molar-refractivity contribution < 1.29 is 18.5 Å². The molecule has 1 aromatic carbocycles. The zero-order chi connectivity index (χ0) is 18.5. The minimum absolute atomic E-state index is 0.0353. The number of hydrogen-bond donors (Lipinski definition) is 2. The second kappa shape index (κ2) is 7.56. The van der Waals surface area contributed by atoms with Crippen molar-refractivity contribution in [3.8, 4) is 0 Å². The Labute approximate surface area is 148 Å². The standard InChI is InChI=1S/C18H15FN4O3/c1-11-8-16(23-26-11)22-18(25)15-9-12(6-7-20-15)17(24)21-10-13-4-2-3-5-14(13)19/h2-9H,10H2,1H3,(H,21,24)(H,22,23,25). The van der Waals surface area contributed by atoms with Crippen molar-refractivity contribution in [1.29, 1.82) is 0 Å². The quantitative estimate of drug-likeness (QED) is 0.734. The third-order valence-corrected chi connectivity index (χ3v) is 3.52. The molecule has 0 fully saturated rings. The molecule has 0 aliphatic carbocycles. The van der Waals surface area contributed by atoms with E-state index in [2.05, 4.69) is 20.8 Å². The Hall–Kier alpha value is -3.55. The van der Waals surface area contributed by atoms with Gasteiger partial charge in [-0.15, -0.1) is 0 Å². The summed E-state index contributed by atoms with van der Waals surface area (Å²) in [4.78, 5) is 28.4. The first-order chi connectivity index (χ1) is 12.5. The molecule has 0 saturated carbocycles. The minimum Gasteiger partial charge on any atom is -0.360 e. The lowest BCUT2D eigenvalue weighted by Gasteiger charge is -2.07. The summed E-state index contributed by atoms with van der Waals surface area (Å²) in [6, 6.07) is 10.5. The summed E-state index contributed by atoms with van der Waals surface area (Å²) in [5.74, 6) is -0.562. The summed E-state index contributed by atoms with van der Waals surface area (Å²) in [5, 5.41) is 8.79. The molecule has 0 aliphatic heterocycles. The molecule has 132 valence electrons. The summed E-state index contributed by atoms with van der Waals surface area (Å²) >= 11 is 0. The van der Waals surface area contributed by atoms with Crippen LogP contribution in [0, 0.1) is 12.7 Å². The summed E-state index contributed by atoms with van der Waals surface area (Å²) in [6.45, 7) is 1.73. The van der Waals surface area contributed by atoms with Crippen molar-refractivity contribution in [2.24, 2.45) is 0 Å². The molecule has 3 aromatic rings. The molecule has 0 radical (unpaired) electrons. The van der Waals surface area contributed by atoms with Crippen LogP contribution < -0.4 is 10.6 Å². The molecule has 0 spiro atoms. The van der Waals surface area contributed by atoms with Crippen LogP contribution in [0.2, 0.25) is 0 Å². The fourth-order valence-corrected chi connectivity index (χ4v) is 2.22. The Morgan fingerprint density at radius 1 is 1.15 bits per heavy atom. The predicted molar refractivity (Wildman–Crippen MR) is 91.0 cm³/mol. The molecule has 0 aliphatic rings. The number of carbonyl (C=O) groups is 2. The molecule has 2 N–H and O–H groups in total. The van der Waals surface area contributed by atoms with Crippen molar-refractivity contribution in [2.75, 3.05) is 5.32 Å². The number of aromatic nitrogens is 2. The number of rotatable bonds is 5. The van der Waals surface area contributed by atoms with Gasteiger partial charge in [-0.1, -0.05) is 23.4 Å². The Morgan fingerprint density at radius 2 is 1.96 bits per heavy atom. The number of pyridine rings is 1. The van der Waals surface area contributed by atoms with E-state index < -0.39 is 17.6 Å². The summed E-state index contributed by atoms with van der Waals surface area (Å²) < 4.78 is 18.5. The number of benzene rings is 1. The Morgan fingerprint density at radius 3 is 2.69 bits per heavy atom. The van der Waals surface area contributed by atoms with E-state index in [0.717, 1.165) is 0 Å². The number of halogens is 1. The molecule has 0 atom stereocenters. The van der Waals surface area contributed by atoms with Crippen LogP contribution in [-0.2, 0) is 6.54 Å². The largest absolute Gasteiger partial charge is 0.360 e. The minimum atomic E-state index is -0.526. The van der Waals surface area contributed by atoms with Gasteiger partial charge in [-0.3, -0.25) is 14.6 Å².